The molecule has 2 aliphatic rings. The summed E-state index contributed by atoms with van der Waals surface area (Å²) in [5.41, 5.74) is -0.353. The number of aliphatic hydroxyl groups is 1. The second-order valence-electron chi connectivity index (χ2n) is 6.15. The van der Waals surface area contributed by atoms with E-state index < -0.39 is 17.5 Å². The molecule has 0 radical (unpaired) electrons. The molecule has 4 heteroatoms. The van der Waals surface area contributed by atoms with Gasteiger partial charge in [-0.15, -0.1) is 0 Å². The Bertz CT molecular complexity index is 439. The summed E-state index contributed by atoms with van der Waals surface area (Å²) in [4.78, 5) is 11.4. The Hall–Kier alpha value is -1.13. The van der Waals surface area contributed by atoms with E-state index in [0.29, 0.717) is 19.3 Å². The molecule has 1 saturated heterocycles. The number of ether oxygens (including phenoxy) is 1. The standard InChI is InChI=1S/C15H22O4/c1-10-5-8-14(2,13(17)18)6-4-7-15(3)12(19-15)9-11(10)16/h4-6,11-12,16H,7-9H2,1-3H3,(H,17,18)/t11-,12-,14+,15-/m0/s1. The van der Waals surface area contributed by atoms with Crippen LogP contribution in [0.3, 0.4) is 0 Å². The van der Waals surface area contributed by atoms with Gasteiger partial charge in [0.1, 0.15) is 0 Å². The number of carbonyl (C=O) groups is 1. The fraction of sp³-hybridized carbons (Fsp3) is 0.667. The molecule has 2 rings (SSSR count). The van der Waals surface area contributed by atoms with Gasteiger partial charge in [-0.2, -0.15) is 0 Å². The minimum absolute atomic E-state index is 0.0599. The van der Waals surface area contributed by atoms with Crippen molar-refractivity contribution in [3.8, 4) is 0 Å². The van der Waals surface area contributed by atoms with Crippen LogP contribution in [0.5, 0.6) is 0 Å². The predicted octanol–water partition coefficient (Wildman–Crippen LogP) is 2.28. The Morgan fingerprint density at radius 2 is 2.11 bits per heavy atom. The first-order valence-corrected chi connectivity index (χ1v) is 6.70. The Balaban J connectivity index is 2.27. The third kappa shape index (κ3) is 2.90. The highest BCUT2D eigenvalue weighted by Crippen LogP contribution is 2.43. The predicted molar refractivity (Wildman–Crippen MR) is 71.8 cm³/mol. The molecule has 4 atom stereocenters. The minimum Gasteiger partial charge on any atom is -0.481 e. The van der Waals surface area contributed by atoms with Crippen molar-refractivity contribution in [2.45, 2.75) is 57.8 Å². The average molecular weight is 266 g/mol. The Morgan fingerprint density at radius 3 is 2.74 bits per heavy atom. The summed E-state index contributed by atoms with van der Waals surface area (Å²) in [5, 5.41) is 19.5. The van der Waals surface area contributed by atoms with Crippen LogP contribution in [0.15, 0.2) is 23.8 Å². The van der Waals surface area contributed by atoms with Crippen LogP contribution in [-0.4, -0.2) is 34.0 Å². The van der Waals surface area contributed by atoms with Crippen molar-refractivity contribution in [1.29, 1.82) is 0 Å². The molecule has 0 amide bonds. The lowest BCUT2D eigenvalue weighted by molar-refractivity contribution is -0.145. The molecular weight excluding hydrogens is 244 g/mol. The third-order valence-electron chi connectivity index (χ3n) is 4.34. The zero-order chi connectivity index (χ0) is 14.3. The second-order valence-corrected chi connectivity index (χ2v) is 6.15. The molecule has 0 aromatic carbocycles. The monoisotopic (exact) mass is 266 g/mol. The fourth-order valence-corrected chi connectivity index (χ4v) is 2.45. The van der Waals surface area contributed by atoms with Gasteiger partial charge in [0.25, 0.3) is 0 Å². The molecule has 1 aliphatic carbocycles. The number of carboxylic acid groups (broad SMARTS) is 1. The van der Waals surface area contributed by atoms with Gasteiger partial charge in [0.15, 0.2) is 0 Å². The quantitative estimate of drug-likeness (QED) is 0.564. The van der Waals surface area contributed by atoms with Crippen LogP contribution in [0.4, 0.5) is 0 Å². The Morgan fingerprint density at radius 1 is 1.42 bits per heavy atom. The lowest BCUT2D eigenvalue weighted by atomic mass is 9.85. The summed E-state index contributed by atoms with van der Waals surface area (Å²) in [5.74, 6) is -0.847. The van der Waals surface area contributed by atoms with Crippen molar-refractivity contribution in [1.82, 2.24) is 0 Å². The van der Waals surface area contributed by atoms with E-state index in [2.05, 4.69) is 0 Å². The zero-order valence-corrected chi connectivity index (χ0v) is 11.7. The van der Waals surface area contributed by atoms with Crippen molar-refractivity contribution in [3.63, 3.8) is 0 Å². The van der Waals surface area contributed by atoms with E-state index in [0.717, 1.165) is 5.57 Å². The number of hydrogen-bond acceptors (Lipinski definition) is 3. The normalized spacial score (nSPS) is 42.8. The topological polar surface area (TPSA) is 70.1 Å². The van der Waals surface area contributed by atoms with Crippen molar-refractivity contribution in [3.05, 3.63) is 23.8 Å². The number of aliphatic carboxylic acids is 1. The van der Waals surface area contributed by atoms with E-state index in [-0.39, 0.29) is 11.7 Å². The minimum atomic E-state index is -0.925. The first-order valence-electron chi connectivity index (χ1n) is 6.70. The molecule has 106 valence electrons. The number of fused-ring (bicyclic) bond motifs is 1. The highest BCUT2D eigenvalue weighted by Gasteiger charge is 2.51. The van der Waals surface area contributed by atoms with Crippen LogP contribution in [0.1, 0.15) is 40.0 Å². The van der Waals surface area contributed by atoms with Crippen LogP contribution in [0, 0.1) is 5.41 Å². The van der Waals surface area contributed by atoms with Gasteiger partial charge in [-0.3, -0.25) is 4.79 Å². The summed E-state index contributed by atoms with van der Waals surface area (Å²) >= 11 is 0. The first-order chi connectivity index (χ1) is 8.77. The molecule has 0 spiro atoms. The van der Waals surface area contributed by atoms with E-state index in [1.54, 1.807) is 13.0 Å². The summed E-state index contributed by atoms with van der Waals surface area (Å²) in [6.45, 7) is 5.55. The highest BCUT2D eigenvalue weighted by molar-refractivity contribution is 5.76. The smallest absolute Gasteiger partial charge is 0.313 e. The van der Waals surface area contributed by atoms with Crippen molar-refractivity contribution in [2.24, 2.45) is 5.41 Å². The van der Waals surface area contributed by atoms with E-state index in [1.807, 2.05) is 26.0 Å². The van der Waals surface area contributed by atoms with Gasteiger partial charge in [0.2, 0.25) is 0 Å². The molecule has 0 unspecified atom stereocenters. The molecule has 1 aliphatic heterocycles. The van der Waals surface area contributed by atoms with Crippen LogP contribution >= 0.6 is 0 Å². The molecule has 1 heterocycles. The van der Waals surface area contributed by atoms with E-state index in [1.165, 1.54) is 0 Å². The van der Waals surface area contributed by atoms with E-state index >= 15 is 0 Å². The molecule has 2 N–H and O–H groups in total. The van der Waals surface area contributed by atoms with E-state index in [9.17, 15) is 15.0 Å². The van der Waals surface area contributed by atoms with Crippen molar-refractivity contribution in [2.75, 3.05) is 0 Å². The number of allylic oxidation sites excluding steroid dienone is 1. The van der Waals surface area contributed by atoms with Crippen LogP contribution in [0.2, 0.25) is 0 Å². The lowest BCUT2D eigenvalue weighted by Crippen LogP contribution is -2.24. The van der Waals surface area contributed by atoms with Gasteiger partial charge in [-0.1, -0.05) is 18.2 Å². The fourth-order valence-electron chi connectivity index (χ4n) is 2.45. The maximum absolute atomic E-state index is 11.4. The molecule has 1 fully saturated rings. The Kier molecular flexibility index (Phi) is 3.58. The van der Waals surface area contributed by atoms with E-state index in [4.69, 9.17) is 4.74 Å². The number of aliphatic hydroxyl groups excluding tert-OH is 1. The number of epoxide rings is 1. The second kappa shape index (κ2) is 4.76. The zero-order valence-electron chi connectivity index (χ0n) is 11.7. The third-order valence-corrected chi connectivity index (χ3v) is 4.34. The maximum Gasteiger partial charge on any atom is 0.313 e. The van der Waals surface area contributed by atoms with Gasteiger partial charge >= 0.3 is 5.97 Å². The largest absolute Gasteiger partial charge is 0.481 e. The van der Waals surface area contributed by atoms with Crippen molar-refractivity contribution < 1.29 is 19.7 Å². The van der Waals surface area contributed by atoms with Gasteiger partial charge in [0, 0.05) is 6.42 Å². The number of hydrogen-bond donors (Lipinski definition) is 2. The molecule has 4 nitrogen and oxygen atoms in total. The van der Waals surface area contributed by atoms with Gasteiger partial charge in [-0.05, 0) is 39.2 Å². The number of rotatable bonds is 1. The molecule has 0 aromatic rings. The van der Waals surface area contributed by atoms with Gasteiger partial charge < -0.3 is 14.9 Å². The number of carboxylic acids is 1. The highest BCUT2D eigenvalue weighted by atomic mass is 16.6. The molecule has 0 bridgehead atoms. The summed E-state index contributed by atoms with van der Waals surface area (Å²) in [6, 6.07) is 0. The maximum atomic E-state index is 11.4. The van der Waals surface area contributed by atoms with Crippen LogP contribution in [-0.2, 0) is 9.53 Å². The average Bonchev–Trinajstić information content (AvgIpc) is 2.95. The summed E-state index contributed by atoms with van der Waals surface area (Å²) < 4.78 is 5.64. The van der Waals surface area contributed by atoms with Crippen LogP contribution < -0.4 is 0 Å². The molecular formula is C15H22O4. The SMILES string of the molecule is CC1=CC[C@](C)(C(=O)O)C=CC[C@]2(C)O[C@H]2C[C@@H]1O. The lowest BCUT2D eigenvalue weighted by Gasteiger charge is -2.20. The Labute approximate surface area is 113 Å². The van der Waals surface area contributed by atoms with Gasteiger partial charge in [0.05, 0.1) is 23.2 Å². The molecule has 0 aromatic heterocycles. The van der Waals surface area contributed by atoms with Gasteiger partial charge in [-0.25, -0.2) is 0 Å². The van der Waals surface area contributed by atoms with Crippen molar-refractivity contribution >= 4 is 5.97 Å². The van der Waals surface area contributed by atoms with Crippen LogP contribution in [0.25, 0.3) is 0 Å². The summed E-state index contributed by atoms with van der Waals surface area (Å²) in [7, 11) is 0. The first kappa shape index (κ1) is 14.3. The molecule has 19 heavy (non-hydrogen) atoms. The summed E-state index contributed by atoms with van der Waals surface area (Å²) in [6.07, 6.45) is 6.64. The molecule has 0 saturated carbocycles.